The van der Waals surface area contributed by atoms with E-state index in [0.717, 1.165) is 14.9 Å². The fourth-order valence-corrected chi connectivity index (χ4v) is 5.02. The summed E-state index contributed by atoms with van der Waals surface area (Å²) in [5, 5.41) is 0. The summed E-state index contributed by atoms with van der Waals surface area (Å²) in [5.74, 6) is 0. The molecular weight excluding hydrogens is 372 g/mol. The van der Waals surface area contributed by atoms with Crippen LogP contribution in [-0.2, 0) is 23.0 Å². The smallest absolute Gasteiger partial charge is 0.252 e. The highest BCUT2D eigenvalue weighted by Crippen LogP contribution is 2.26. The van der Waals surface area contributed by atoms with Crippen LogP contribution >= 0.6 is 27.3 Å². The standard InChI is InChI=1S/C14H17BrN2O2S2/c1-17(10-11-4-2-3-5-13(11)15)21(18,19)14-7-6-12(20-14)8-9-16/h2-7H,8-10,16H2,1H3. The predicted octanol–water partition coefficient (Wildman–Crippen LogP) is 2.83. The molecule has 0 spiro atoms. The zero-order valence-electron chi connectivity index (χ0n) is 11.6. The van der Waals surface area contributed by atoms with E-state index in [1.165, 1.54) is 15.6 Å². The maximum absolute atomic E-state index is 12.6. The number of benzene rings is 1. The number of nitrogens with zero attached hydrogens (tertiary/aromatic N) is 1. The number of sulfonamides is 1. The lowest BCUT2D eigenvalue weighted by Crippen LogP contribution is -2.25. The van der Waals surface area contributed by atoms with Gasteiger partial charge in [-0.3, -0.25) is 0 Å². The van der Waals surface area contributed by atoms with E-state index in [1.54, 1.807) is 13.1 Å². The minimum absolute atomic E-state index is 0.327. The first-order valence-electron chi connectivity index (χ1n) is 6.43. The molecule has 0 bridgehead atoms. The molecule has 1 heterocycles. The molecule has 0 amide bonds. The van der Waals surface area contributed by atoms with Crippen LogP contribution in [0.1, 0.15) is 10.4 Å². The van der Waals surface area contributed by atoms with Gasteiger partial charge in [-0.2, -0.15) is 4.31 Å². The number of rotatable bonds is 6. The van der Waals surface area contributed by atoms with Gasteiger partial charge in [-0.25, -0.2) is 8.42 Å². The molecule has 0 saturated heterocycles. The molecule has 0 unspecified atom stereocenters. The van der Waals surface area contributed by atoms with Crippen molar-refractivity contribution in [3.05, 3.63) is 51.3 Å². The average molecular weight is 389 g/mol. The third kappa shape index (κ3) is 3.92. The Balaban J connectivity index is 2.20. The summed E-state index contributed by atoms with van der Waals surface area (Å²) in [6.45, 7) is 0.848. The molecule has 2 rings (SSSR count). The lowest BCUT2D eigenvalue weighted by atomic mass is 10.2. The molecule has 114 valence electrons. The van der Waals surface area contributed by atoms with E-state index < -0.39 is 10.0 Å². The Labute approximate surface area is 137 Å². The summed E-state index contributed by atoms with van der Waals surface area (Å²) in [7, 11) is -1.87. The lowest BCUT2D eigenvalue weighted by molar-refractivity contribution is 0.468. The van der Waals surface area contributed by atoms with E-state index in [2.05, 4.69) is 15.9 Å². The minimum Gasteiger partial charge on any atom is -0.330 e. The molecule has 1 aromatic carbocycles. The molecule has 2 aromatic rings. The van der Waals surface area contributed by atoms with Gasteiger partial charge in [0.1, 0.15) is 4.21 Å². The van der Waals surface area contributed by atoms with Gasteiger partial charge in [-0.05, 0) is 36.7 Å². The van der Waals surface area contributed by atoms with Crippen molar-refractivity contribution in [3.8, 4) is 0 Å². The van der Waals surface area contributed by atoms with Crippen LogP contribution in [0.3, 0.4) is 0 Å². The Morgan fingerprint density at radius 2 is 1.95 bits per heavy atom. The third-order valence-electron chi connectivity index (χ3n) is 3.04. The van der Waals surface area contributed by atoms with Crippen molar-refractivity contribution in [3.63, 3.8) is 0 Å². The molecule has 0 fully saturated rings. The van der Waals surface area contributed by atoms with E-state index in [4.69, 9.17) is 5.73 Å². The summed E-state index contributed by atoms with van der Waals surface area (Å²) in [5.41, 5.74) is 6.43. The van der Waals surface area contributed by atoms with Gasteiger partial charge in [-0.15, -0.1) is 11.3 Å². The SMILES string of the molecule is CN(Cc1ccccc1Br)S(=O)(=O)c1ccc(CCN)s1. The summed E-state index contributed by atoms with van der Waals surface area (Å²) >= 11 is 4.73. The Morgan fingerprint density at radius 1 is 1.24 bits per heavy atom. The summed E-state index contributed by atoms with van der Waals surface area (Å²) in [6.07, 6.45) is 0.703. The van der Waals surface area contributed by atoms with Crippen LogP contribution in [0.15, 0.2) is 45.1 Å². The first-order chi connectivity index (χ1) is 9.95. The molecule has 0 saturated carbocycles. The number of halogens is 1. The van der Waals surface area contributed by atoms with Crippen molar-refractivity contribution in [2.75, 3.05) is 13.6 Å². The van der Waals surface area contributed by atoms with Crippen LogP contribution in [-0.4, -0.2) is 26.3 Å². The quantitative estimate of drug-likeness (QED) is 0.827. The molecule has 4 nitrogen and oxygen atoms in total. The maximum atomic E-state index is 12.6. The number of hydrogen-bond acceptors (Lipinski definition) is 4. The Hall–Kier alpha value is -0.730. The van der Waals surface area contributed by atoms with Crippen LogP contribution in [0.2, 0.25) is 0 Å². The molecular formula is C14H17BrN2O2S2. The normalized spacial score (nSPS) is 12.0. The topological polar surface area (TPSA) is 63.4 Å². The minimum atomic E-state index is -3.46. The maximum Gasteiger partial charge on any atom is 0.252 e. The number of thiophene rings is 1. The molecule has 1 aromatic heterocycles. The second-order valence-corrected chi connectivity index (χ2v) is 8.91. The van der Waals surface area contributed by atoms with Crippen molar-refractivity contribution < 1.29 is 8.42 Å². The Kier molecular flexibility index (Phi) is 5.56. The molecule has 0 radical (unpaired) electrons. The van der Waals surface area contributed by atoms with Crippen LogP contribution in [0, 0.1) is 0 Å². The second-order valence-electron chi connectivity index (χ2n) is 4.61. The van der Waals surface area contributed by atoms with Gasteiger partial charge in [0.25, 0.3) is 10.0 Å². The van der Waals surface area contributed by atoms with Crippen molar-refractivity contribution in [1.29, 1.82) is 0 Å². The monoisotopic (exact) mass is 388 g/mol. The third-order valence-corrected chi connectivity index (χ3v) is 7.23. The van der Waals surface area contributed by atoms with Crippen molar-refractivity contribution in [2.45, 2.75) is 17.2 Å². The fourth-order valence-electron chi connectivity index (χ4n) is 1.88. The Morgan fingerprint density at radius 3 is 2.62 bits per heavy atom. The van der Waals surface area contributed by atoms with E-state index in [-0.39, 0.29) is 0 Å². The van der Waals surface area contributed by atoms with Gasteiger partial charge in [0.05, 0.1) is 0 Å². The van der Waals surface area contributed by atoms with Crippen LogP contribution in [0.4, 0.5) is 0 Å². The van der Waals surface area contributed by atoms with Crippen LogP contribution in [0.5, 0.6) is 0 Å². The summed E-state index contributed by atoms with van der Waals surface area (Å²) in [6, 6.07) is 11.1. The number of nitrogens with two attached hydrogens (primary N) is 1. The van der Waals surface area contributed by atoms with E-state index >= 15 is 0 Å². The predicted molar refractivity (Wildman–Crippen MR) is 89.9 cm³/mol. The van der Waals surface area contributed by atoms with Crippen molar-refractivity contribution >= 4 is 37.3 Å². The molecule has 0 aliphatic heterocycles. The lowest BCUT2D eigenvalue weighted by Gasteiger charge is -2.16. The average Bonchev–Trinajstić information content (AvgIpc) is 2.91. The Bertz CT molecular complexity index is 713. The zero-order chi connectivity index (χ0) is 15.5. The largest absolute Gasteiger partial charge is 0.330 e. The van der Waals surface area contributed by atoms with Gasteiger partial charge in [0.2, 0.25) is 0 Å². The molecule has 7 heteroatoms. The first kappa shape index (κ1) is 16.6. The fraction of sp³-hybridized carbons (Fsp3) is 0.286. The van der Waals surface area contributed by atoms with Crippen molar-refractivity contribution in [2.24, 2.45) is 5.73 Å². The van der Waals surface area contributed by atoms with Gasteiger partial charge >= 0.3 is 0 Å². The van der Waals surface area contributed by atoms with Gasteiger partial charge < -0.3 is 5.73 Å². The highest BCUT2D eigenvalue weighted by atomic mass is 79.9. The van der Waals surface area contributed by atoms with Gasteiger partial charge in [-0.1, -0.05) is 34.1 Å². The highest BCUT2D eigenvalue weighted by molar-refractivity contribution is 9.10. The van der Waals surface area contributed by atoms with Gasteiger partial charge in [0, 0.05) is 22.9 Å². The van der Waals surface area contributed by atoms with E-state index in [9.17, 15) is 8.42 Å². The number of hydrogen-bond donors (Lipinski definition) is 1. The summed E-state index contributed by atoms with van der Waals surface area (Å²) in [4.78, 5) is 0.991. The van der Waals surface area contributed by atoms with Gasteiger partial charge in [0.15, 0.2) is 0 Å². The zero-order valence-corrected chi connectivity index (χ0v) is 14.8. The van der Waals surface area contributed by atoms with Crippen molar-refractivity contribution in [1.82, 2.24) is 4.31 Å². The van der Waals surface area contributed by atoms with Crippen LogP contribution < -0.4 is 5.73 Å². The molecule has 2 N–H and O–H groups in total. The molecule has 0 aliphatic rings. The van der Waals surface area contributed by atoms with E-state index in [1.807, 2.05) is 30.3 Å². The molecule has 0 aliphatic carbocycles. The summed E-state index contributed by atoms with van der Waals surface area (Å²) < 4.78 is 27.7. The first-order valence-corrected chi connectivity index (χ1v) is 9.48. The second kappa shape index (κ2) is 7.02. The van der Waals surface area contributed by atoms with E-state index in [0.29, 0.717) is 23.7 Å². The highest BCUT2D eigenvalue weighted by Gasteiger charge is 2.23. The molecule has 21 heavy (non-hydrogen) atoms. The molecule has 0 atom stereocenters. The van der Waals surface area contributed by atoms with Crippen LogP contribution in [0.25, 0.3) is 0 Å².